The zero-order valence-electron chi connectivity index (χ0n) is 21.3. The Labute approximate surface area is 236 Å². The molecule has 0 fully saturated rings. The van der Waals surface area contributed by atoms with Gasteiger partial charge in [-0.05, 0) is 73.4 Å². The second-order valence-electron chi connectivity index (χ2n) is 9.04. The van der Waals surface area contributed by atoms with Crippen LogP contribution >= 0.6 is 35.0 Å². The fourth-order valence-electron chi connectivity index (χ4n) is 4.02. The molecule has 1 N–H and O–H groups in total. The predicted octanol–water partition coefficient (Wildman–Crippen LogP) is 8.23. The van der Waals surface area contributed by atoms with Crippen LogP contribution in [-0.4, -0.2) is 20.7 Å². The standard InChI is InChI=1S/C29H29Cl2FN4OS/c1-3-4-5-6-20-7-11-22(12-8-20)28(37)33-19(2)27-34-35-29(38-18-21-9-14-24(32)15-10-21)36(27)26-16-13-23(30)17-25(26)31/h7-17,19H,3-6,18H2,1-2H3,(H,33,37). The summed E-state index contributed by atoms with van der Waals surface area (Å²) in [6, 6.07) is 18.8. The normalized spacial score (nSPS) is 11.9. The highest BCUT2D eigenvalue weighted by atomic mass is 35.5. The van der Waals surface area contributed by atoms with Gasteiger partial charge >= 0.3 is 0 Å². The molecule has 0 spiro atoms. The van der Waals surface area contributed by atoms with E-state index in [4.69, 9.17) is 23.2 Å². The molecule has 0 bridgehead atoms. The Balaban J connectivity index is 1.56. The van der Waals surface area contributed by atoms with Crippen molar-refractivity contribution in [3.63, 3.8) is 0 Å². The third-order valence-corrected chi connectivity index (χ3v) is 7.65. The lowest BCUT2D eigenvalue weighted by atomic mass is 10.0. The van der Waals surface area contributed by atoms with Gasteiger partial charge in [-0.1, -0.05) is 79.0 Å². The second-order valence-corrected chi connectivity index (χ2v) is 10.8. The molecule has 1 atom stereocenters. The Kier molecular flexibility index (Phi) is 9.83. The summed E-state index contributed by atoms with van der Waals surface area (Å²) in [4.78, 5) is 13.1. The summed E-state index contributed by atoms with van der Waals surface area (Å²) >= 11 is 14.1. The molecule has 0 saturated carbocycles. The van der Waals surface area contributed by atoms with Crippen LogP contribution in [0.25, 0.3) is 5.69 Å². The maximum absolute atomic E-state index is 13.3. The van der Waals surface area contributed by atoms with Crippen LogP contribution in [0.15, 0.2) is 71.9 Å². The molecule has 1 heterocycles. The van der Waals surface area contributed by atoms with Crippen LogP contribution in [0, 0.1) is 5.82 Å². The molecule has 0 aliphatic rings. The van der Waals surface area contributed by atoms with E-state index in [1.807, 2.05) is 35.8 Å². The summed E-state index contributed by atoms with van der Waals surface area (Å²) in [5.41, 5.74) is 3.39. The number of carbonyl (C=O) groups excluding carboxylic acids is 1. The third-order valence-electron chi connectivity index (χ3n) is 6.11. The summed E-state index contributed by atoms with van der Waals surface area (Å²) in [5.74, 6) is 0.595. The lowest BCUT2D eigenvalue weighted by Crippen LogP contribution is -2.28. The maximum Gasteiger partial charge on any atom is 0.251 e. The minimum absolute atomic E-state index is 0.199. The molecule has 0 aliphatic heterocycles. The molecule has 198 valence electrons. The Morgan fingerprint density at radius 3 is 2.39 bits per heavy atom. The highest BCUT2D eigenvalue weighted by molar-refractivity contribution is 7.98. The number of aryl methyl sites for hydroxylation is 1. The van der Waals surface area contributed by atoms with Crippen LogP contribution in [0.5, 0.6) is 0 Å². The zero-order chi connectivity index (χ0) is 27.1. The molecular weight excluding hydrogens is 542 g/mol. The van der Waals surface area contributed by atoms with Gasteiger partial charge in [0.2, 0.25) is 0 Å². The number of nitrogens with one attached hydrogen (secondary N) is 1. The van der Waals surface area contributed by atoms with E-state index in [1.54, 1.807) is 30.3 Å². The quantitative estimate of drug-likeness (QED) is 0.146. The molecule has 1 unspecified atom stereocenters. The highest BCUT2D eigenvalue weighted by Gasteiger charge is 2.23. The van der Waals surface area contributed by atoms with E-state index in [-0.39, 0.29) is 11.7 Å². The number of hydrogen-bond acceptors (Lipinski definition) is 4. The summed E-state index contributed by atoms with van der Waals surface area (Å²) < 4.78 is 15.1. The molecule has 9 heteroatoms. The van der Waals surface area contributed by atoms with Crippen LogP contribution in [0.3, 0.4) is 0 Å². The first-order chi connectivity index (χ1) is 18.4. The molecule has 1 aromatic heterocycles. The van der Waals surface area contributed by atoms with Gasteiger partial charge in [-0.3, -0.25) is 9.36 Å². The van der Waals surface area contributed by atoms with E-state index in [2.05, 4.69) is 22.4 Å². The Morgan fingerprint density at radius 2 is 1.71 bits per heavy atom. The summed E-state index contributed by atoms with van der Waals surface area (Å²) in [6.07, 6.45) is 4.53. The van der Waals surface area contributed by atoms with E-state index in [9.17, 15) is 9.18 Å². The molecule has 4 rings (SSSR count). The Hall–Kier alpha value is -2.87. The van der Waals surface area contributed by atoms with Crippen LogP contribution in [0.1, 0.15) is 66.5 Å². The molecule has 5 nitrogen and oxygen atoms in total. The Morgan fingerprint density at radius 1 is 1.00 bits per heavy atom. The number of hydrogen-bond donors (Lipinski definition) is 1. The number of thioether (sulfide) groups is 1. The van der Waals surface area contributed by atoms with E-state index in [0.717, 1.165) is 18.4 Å². The van der Waals surface area contributed by atoms with Crippen LogP contribution in [-0.2, 0) is 12.2 Å². The first-order valence-corrected chi connectivity index (χ1v) is 14.3. The minimum atomic E-state index is -0.467. The van der Waals surface area contributed by atoms with Gasteiger partial charge in [-0.15, -0.1) is 10.2 Å². The molecule has 38 heavy (non-hydrogen) atoms. The lowest BCUT2D eigenvalue weighted by molar-refractivity contribution is 0.0938. The van der Waals surface area contributed by atoms with Gasteiger partial charge < -0.3 is 5.32 Å². The molecule has 1 amide bonds. The number of carbonyl (C=O) groups is 1. The summed E-state index contributed by atoms with van der Waals surface area (Å²) in [6.45, 7) is 4.04. The summed E-state index contributed by atoms with van der Waals surface area (Å²) in [7, 11) is 0. The van der Waals surface area contributed by atoms with Crippen LogP contribution in [0.2, 0.25) is 10.0 Å². The minimum Gasteiger partial charge on any atom is -0.342 e. The third kappa shape index (κ3) is 7.16. The molecular formula is C29H29Cl2FN4OS. The lowest BCUT2D eigenvalue weighted by Gasteiger charge is -2.17. The summed E-state index contributed by atoms with van der Waals surface area (Å²) in [5, 5.41) is 13.4. The Bertz CT molecular complexity index is 1380. The number of benzene rings is 3. The van der Waals surface area contributed by atoms with Crippen LogP contribution < -0.4 is 5.32 Å². The number of nitrogens with zero attached hydrogens (tertiary/aromatic N) is 3. The van der Waals surface area contributed by atoms with Gasteiger partial charge in [0.25, 0.3) is 5.91 Å². The first kappa shape index (κ1) is 28.1. The van der Waals surface area contributed by atoms with E-state index < -0.39 is 6.04 Å². The van der Waals surface area contributed by atoms with Gasteiger partial charge in [-0.25, -0.2) is 4.39 Å². The van der Waals surface area contributed by atoms with E-state index >= 15 is 0 Å². The highest BCUT2D eigenvalue weighted by Crippen LogP contribution is 2.32. The van der Waals surface area contributed by atoms with Crippen molar-refractivity contribution in [2.45, 2.75) is 56.5 Å². The second kappa shape index (κ2) is 13.3. The number of rotatable bonds is 11. The number of amides is 1. The number of unbranched alkanes of at least 4 members (excludes halogenated alkanes) is 2. The van der Waals surface area contributed by atoms with Crippen molar-refractivity contribution in [3.05, 3.63) is 105 Å². The number of halogens is 3. The fraction of sp³-hybridized carbons (Fsp3) is 0.276. The van der Waals surface area contributed by atoms with Gasteiger partial charge in [0.1, 0.15) is 5.82 Å². The average Bonchev–Trinajstić information content (AvgIpc) is 3.32. The first-order valence-electron chi connectivity index (χ1n) is 12.5. The van der Waals surface area contributed by atoms with Crippen molar-refractivity contribution in [2.24, 2.45) is 0 Å². The molecule has 0 aliphatic carbocycles. The van der Waals surface area contributed by atoms with Gasteiger partial charge in [0.05, 0.1) is 16.8 Å². The molecule has 0 saturated heterocycles. The predicted molar refractivity (Wildman–Crippen MR) is 153 cm³/mol. The molecule has 0 radical (unpaired) electrons. The van der Waals surface area contributed by atoms with Crippen molar-refractivity contribution in [2.75, 3.05) is 0 Å². The SMILES string of the molecule is CCCCCc1ccc(C(=O)NC(C)c2nnc(SCc3ccc(F)cc3)n2-c2ccc(Cl)cc2Cl)cc1. The van der Waals surface area contributed by atoms with Gasteiger partial charge in [0.15, 0.2) is 11.0 Å². The topological polar surface area (TPSA) is 59.8 Å². The average molecular weight is 572 g/mol. The molecule has 4 aromatic rings. The van der Waals surface area contributed by atoms with Crippen molar-refractivity contribution < 1.29 is 9.18 Å². The van der Waals surface area contributed by atoms with Gasteiger partial charge in [0, 0.05) is 16.3 Å². The molecule has 3 aromatic carbocycles. The van der Waals surface area contributed by atoms with Gasteiger partial charge in [-0.2, -0.15) is 0 Å². The number of aromatic nitrogens is 3. The zero-order valence-corrected chi connectivity index (χ0v) is 23.6. The van der Waals surface area contributed by atoms with Crippen molar-refractivity contribution in [1.82, 2.24) is 20.1 Å². The largest absolute Gasteiger partial charge is 0.342 e. The van der Waals surface area contributed by atoms with Crippen molar-refractivity contribution in [1.29, 1.82) is 0 Å². The van der Waals surface area contributed by atoms with Crippen molar-refractivity contribution in [3.8, 4) is 5.69 Å². The van der Waals surface area contributed by atoms with Crippen molar-refractivity contribution >= 4 is 40.9 Å². The smallest absolute Gasteiger partial charge is 0.251 e. The maximum atomic E-state index is 13.3. The monoisotopic (exact) mass is 570 g/mol. The van der Waals surface area contributed by atoms with E-state index in [1.165, 1.54) is 42.3 Å². The van der Waals surface area contributed by atoms with Crippen LogP contribution in [0.4, 0.5) is 4.39 Å². The fourth-order valence-corrected chi connectivity index (χ4v) is 5.42. The van der Waals surface area contributed by atoms with E-state index in [0.29, 0.717) is 38.0 Å².